The second-order valence-electron chi connectivity index (χ2n) is 5.18. The first-order valence-corrected chi connectivity index (χ1v) is 6.92. The minimum absolute atomic E-state index is 0.0285. The quantitative estimate of drug-likeness (QED) is 0.909. The molecule has 96 valence electrons. The molecule has 4 heteroatoms. The SMILES string of the molecule is CCC(C)(C)C(=O)Nc1nc2ccc(C)cc2s1. The lowest BCUT2D eigenvalue weighted by Gasteiger charge is -2.20. The van der Waals surface area contributed by atoms with Crippen molar-refractivity contribution < 1.29 is 4.79 Å². The molecule has 0 aliphatic carbocycles. The summed E-state index contributed by atoms with van der Waals surface area (Å²) in [7, 11) is 0. The van der Waals surface area contributed by atoms with Crippen LogP contribution in [0.15, 0.2) is 18.2 Å². The van der Waals surface area contributed by atoms with Gasteiger partial charge in [0.2, 0.25) is 5.91 Å². The zero-order valence-electron chi connectivity index (χ0n) is 11.2. The molecule has 1 aromatic carbocycles. The summed E-state index contributed by atoms with van der Waals surface area (Å²) in [5.74, 6) is 0.0285. The second kappa shape index (κ2) is 4.69. The number of anilines is 1. The number of carbonyl (C=O) groups excluding carboxylic acids is 1. The molecule has 0 bridgehead atoms. The molecule has 0 aliphatic rings. The average molecular weight is 262 g/mol. The Kier molecular flexibility index (Phi) is 3.39. The summed E-state index contributed by atoms with van der Waals surface area (Å²) in [6.07, 6.45) is 0.808. The number of rotatable bonds is 3. The van der Waals surface area contributed by atoms with E-state index in [0.29, 0.717) is 5.13 Å². The highest BCUT2D eigenvalue weighted by Gasteiger charge is 2.26. The number of aromatic nitrogens is 1. The first-order chi connectivity index (χ1) is 8.42. The van der Waals surface area contributed by atoms with Gasteiger partial charge >= 0.3 is 0 Å². The first-order valence-electron chi connectivity index (χ1n) is 6.11. The highest BCUT2D eigenvalue weighted by Crippen LogP contribution is 2.29. The molecule has 0 saturated carbocycles. The van der Waals surface area contributed by atoms with Crippen LogP contribution in [-0.2, 0) is 4.79 Å². The number of nitrogens with one attached hydrogen (secondary N) is 1. The highest BCUT2D eigenvalue weighted by atomic mass is 32.1. The molecule has 0 unspecified atom stereocenters. The largest absolute Gasteiger partial charge is 0.301 e. The Morgan fingerprint density at radius 1 is 1.44 bits per heavy atom. The standard InChI is InChI=1S/C14H18N2OS/c1-5-14(3,4)12(17)16-13-15-10-7-6-9(2)8-11(10)18-13/h6-8H,5H2,1-4H3,(H,15,16,17). The Hall–Kier alpha value is -1.42. The molecule has 0 radical (unpaired) electrons. The minimum atomic E-state index is -0.353. The van der Waals surface area contributed by atoms with Crippen molar-refractivity contribution >= 4 is 32.6 Å². The van der Waals surface area contributed by atoms with E-state index in [1.165, 1.54) is 16.9 Å². The lowest BCUT2D eigenvalue weighted by molar-refractivity contribution is -0.124. The van der Waals surface area contributed by atoms with Gasteiger partial charge in [-0.2, -0.15) is 0 Å². The van der Waals surface area contributed by atoms with Crippen molar-refractivity contribution in [2.24, 2.45) is 5.41 Å². The van der Waals surface area contributed by atoms with Gasteiger partial charge in [0.15, 0.2) is 5.13 Å². The average Bonchev–Trinajstić information content (AvgIpc) is 2.70. The summed E-state index contributed by atoms with van der Waals surface area (Å²) < 4.78 is 1.11. The summed E-state index contributed by atoms with van der Waals surface area (Å²) in [6, 6.07) is 6.11. The number of amides is 1. The van der Waals surface area contributed by atoms with Crippen LogP contribution in [0.25, 0.3) is 10.2 Å². The van der Waals surface area contributed by atoms with Gasteiger partial charge in [0.1, 0.15) is 0 Å². The van der Waals surface area contributed by atoms with Crippen LogP contribution in [0, 0.1) is 12.3 Å². The first kappa shape index (κ1) is 13.0. The van der Waals surface area contributed by atoms with E-state index in [9.17, 15) is 4.79 Å². The molecule has 0 spiro atoms. The van der Waals surface area contributed by atoms with Crippen molar-refractivity contribution in [3.05, 3.63) is 23.8 Å². The summed E-state index contributed by atoms with van der Waals surface area (Å²) in [5.41, 5.74) is 1.79. The van der Waals surface area contributed by atoms with Gasteiger partial charge in [-0.05, 0) is 31.0 Å². The fourth-order valence-corrected chi connectivity index (χ4v) is 2.47. The summed E-state index contributed by atoms with van der Waals surface area (Å²) in [4.78, 5) is 16.5. The molecule has 2 rings (SSSR count). The monoisotopic (exact) mass is 262 g/mol. The van der Waals surface area contributed by atoms with Crippen molar-refractivity contribution in [2.45, 2.75) is 34.1 Å². The van der Waals surface area contributed by atoms with Crippen LogP contribution in [0.3, 0.4) is 0 Å². The third-order valence-electron chi connectivity index (χ3n) is 3.26. The zero-order chi connectivity index (χ0) is 13.3. The molecule has 2 aromatic rings. The molecule has 1 heterocycles. The number of fused-ring (bicyclic) bond motifs is 1. The van der Waals surface area contributed by atoms with Crippen LogP contribution in [0.5, 0.6) is 0 Å². The number of carbonyl (C=O) groups is 1. The topological polar surface area (TPSA) is 42.0 Å². The Morgan fingerprint density at radius 2 is 2.17 bits per heavy atom. The van der Waals surface area contributed by atoms with Crippen LogP contribution in [0.2, 0.25) is 0 Å². The number of aryl methyl sites for hydroxylation is 1. The third-order valence-corrected chi connectivity index (χ3v) is 4.20. The number of hydrogen-bond acceptors (Lipinski definition) is 3. The molecule has 1 N–H and O–H groups in total. The Balaban J connectivity index is 2.25. The number of benzene rings is 1. The van der Waals surface area contributed by atoms with Crippen molar-refractivity contribution in [1.82, 2.24) is 4.98 Å². The van der Waals surface area contributed by atoms with Crippen LogP contribution in [-0.4, -0.2) is 10.9 Å². The fourth-order valence-electron chi connectivity index (χ4n) is 1.51. The smallest absolute Gasteiger partial charge is 0.231 e. The van der Waals surface area contributed by atoms with Crippen LogP contribution in [0.4, 0.5) is 5.13 Å². The van der Waals surface area contributed by atoms with Crippen LogP contribution < -0.4 is 5.32 Å². The van der Waals surface area contributed by atoms with E-state index in [1.807, 2.05) is 32.9 Å². The van der Waals surface area contributed by atoms with Gasteiger partial charge in [0, 0.05) is 5.41 Å². The zero-order valence-corrected chi connectivity index (χ0v) is 12.0. The molecule has 18 heavy (non-hydrogen) atoms. The van der Waals surface area contributed by atoms with Crippen molar-refractivity contribution in [2.75, 3.05) is 5.32 Å². The molecular weight excluding hydrogens is 244 g/mol. The minimum Gasteiger partial charge on any atom is -0.301 e. The molecule has 1 aromatic heterocycles. The van der Waals surface area contributed by atoms with Crippen molar-refractivity contribution in [3.63, 3.8) is 0 Å². The van der Waals surface area contributed by atoms with Crippen molar-refractivity contribution in [3.8, 4) is 0 Å². The van der Waals surface area contributed by atoms with Gasteiger partial charge in [-0.15, -0.1) is 0 Å². The van der Waals surface area contributed by atoms with Gasteiger partial charge in [-0.3, -0.25) is 4.79 Å². The molecular formula is C14H18N2OS. The normalized spacial score (nSPS) is 11.8. The van der Waals surface area contributed by atoms with Crippen LogP contribution >= 0.6 is 11.3 Å². The second-order valence-corrected chi connectivity index (χ2v) is 6.21. The molecule has 0 saturated heterocycles. The van der Waals surface area contributed by atoms with E-state index in [-0.39, 0.29) is 11.3 Å². The predicted octanol–water partition coefficient (Wildman–Crippen LogP) is 3.98. The maximum absolute atomic E-state index is 12.1. The van der Waals surface area contributed by atoms with Gasteiger partial charge in [0.05, 0.1) is 10.2 Å². The molecule has 0 fully saturated rings. The van der Waals surface area contributed by atoms with Gasteiger partial charge in [0.25, 0.3) is 0 Å². The maximum Gasteiger partial charge on any atom is 0.231 e. The van der Waals surface area contributed by atoms with E-state index < -0.39 is 0 Å². The van der Waals surface area contributed by atoms with E-state index >= 15 is 0 Å². The van der Waals surface area contributed by atoms with Crippen molar-refractivity contribution in [1.29, 1.82) is 0 Å². The number of hydrogen-bond donors (Lipinski definition) is 1. The van der Waals surface area contributed by atoms with Gasteiger partial charge in [-0.1, -0.05) is 38.2 Å². The lowest BCUT2D eigenvalue weighted by Crippen LogP contribution is -2.29. The predicted molar refractivity (Wildman–Crippen MR) is 77.1 cm³/mol. The molecule has 0 atom stereocenters. The molecule has 1 amide bonds. The maximum atomic E-state index is 12.1. The van der Waals surface area contributed by atoms with E-state index in [0.717, 1.165) is 16.6 Å². The van der Waals surface area contributed by atoms with E-state index in [4.69, 9.17) is 0 Å². The molecule has 3 nitrogen and oxygen atoms in total. The molecule has 0 aliphatic heterocycles. The van der Waals surface area contributed by atoms with Gasteiger partial charge < -0.3 is 5.32 Å². The summed E-state index contributed by atoms with van der Waals surface area (Å²) in [5, 5.41) is 3.59. The Labute approximate surface area is 111 Å². The lowest BCUT2D eigenvalue weighted by atomic mass is 9.89. The Bertz CT molecular complexity index is 586. The van der Waals surface area contributed by atoms with Crippen LogP contribution in [0.1, 0.15) is 32.8 Å². The highest BCUT2D eigenvalue weighted by molar-refractivity contribution is 7.22. The number of nitrogens with zero attached hydrogens (tertiary/aromatic N) is 1. The van der Waals surface area contributed by atoms with E-state index in [1.54, 1.807) is 0 Å². The third kappa shape index (κ3) is 2.53. The number of thiazole rings is 1. The van der Waals surface area contributed by atoms with Gasteiger partial charge in [-0.25, -0.2) is 4.98 Å². The Morgan fingerprint density at radius 3 is 2.83 bits per heavy atom. The summed E-state index contributed by atoms with van der Waals surface area (Å²) >= 11 is 1.52. The summed E-state index contributed by atoms with van der Waals surface area (Å²) in [6.45, 7) is 7.96. The van der Waals surface area contributed by atoms with E-state index in [2.05, 4.69) is 23.3 Å². The fraction of sp³-hybridized carbons (Fsp3) is 0.429.